The van der Waals surface area contributed by atoms with Crippen molar-refractivity contribution in [1.29, 1.82) is 5.26 Å². The Kier molecular flexibility index (Phi) is 4.73. The van der Waals surface area contributed by atoms with E-state index in [0.717, 1.165) is 13.0 Å². The molecule has 0 aliphatic heterocycles. The van der Waals surface area contributed by atoms with Crippen molar-refractivity contribution in [3.8, 4) is 18.4 Å². The van der Waals surface area contributed by atoms with E-state index in [9.17, 15) is 9.18 Å². The molecule has 72 valence electrons. The number of nitrogens with zero attached hydrogens (tertiary/aromatic N) is 1. The molecule has 0 fully saturated rings. The fraction of sp³-hybridized carbons (Fsp3) is 0.200. The van der Waals surface area contributed by atoms with Gasteiger partial charge in [0.1, 0.15) is 5.83 Å². The maximum atomic E-state index is 13.0. The average Bonchev–Trinajstić information content (AvgIpc) is 2.14. The maximum Gasteiger partial charge on any atom is 0.308 e. The van der Waals surface area contributed by atoms with Crippen LogP contribution in [0.4, 0.5) is 4.39 Å². The number of esters is 1. The second kappa shape index (κ2) is 5.55. The Hall–Kier alpha value is -2.07. The average molecular weight is 193 g/mol. The quantitative estimate of drug-likeness (QED) is 0.221. The lowest BCUT2D eigenvalue weighted by Gasteiger charge is -1.98. The lowest BCUT2D eigenvalue weighted by atomic mass is 10.2. The first-order valence-corrected chi connectivity index (χ1v) is 3.64. The molecule has 0 N–H and O–H groups in total. The van der Waals surface area contributed by atoms with E-state index in [4.69, 9.17) is 11.7 Å². The Morgan fingerprint density at radius 1 is 1.57 bits per heavy atom. The van der Waals surface area contributed by atoms with Crippen LogP contribution in [-0.4, -0.2) is 5.97 Å². The molecule has 0 aromatic rings. The van der Waals surface area contributed by atoms with Gasteiger partial charge in [-0.05, 0) is 12.8 Å². The number of hydrogen-bond acceptors (Lipinski definition) is 3. The minimum atomic E-state index is -0.818. The van der Waals surface area contributed by atoms with Crippen LogP contribution in [0.3, 0.4) is 0 Å². The standard InChI is InChI=1S/C10H8FNO2/c1-4-9(14-8(3)13)5-10(11)7(2)6-12/h1,5H,2-3H3/b9-5+,10-7-. The number of carbonyl (C=O) groups is 1. The molecular formula is C10H8FNO2. The van der Waals surface area contributed by atoms with Gasteiger partial charge < -0.3 is 4.74 Å². The Bertz CT molecular complexity index is 380. The molecule has 0 aliphatic carbocycles. The van der Waals surface area contributed by atoms with E-state index >= 15 is 0 Å². The van der Waals surface area contributed by atoms with E-state index in [0.29, 0.717) is 0 Å². The zero-order valence-electron chi connectivity index (χ0n) is 7.80. The molecule has 0 atom stereocenters. The highest BCUT2D eigenvalue weighted by Gasteiger charge is 2.02. The van der Waals surface area contributed by atoms with Gasteiger partial charge in [0, 0.05) is 13.0 Å². The summed E-state index contributed by atoms with van der Waals surface area (Å²) in [6.45, 7) is 2.43. The third-order valence-electron chi connectivity index (χ3n) is 1.18. The number of rotatable bonds is 2. The summed E-state index contributed by atoms with van der Waals surface area (Å²) >= 11 is 0. The van der Waals surface area contributed by atoms with Gasteiger partial charge in [-0.25, -0.2) is 4.39 Å². The van der Waals surface area contributed by atoms with Crippen LogP contribution in [0.25, 0.3) is 0 Å². The van der Waals surface area contributed by atoms with Crippen LogP contribution in [-0.2, 0) is 9.53 Å². The lowest BCUT2D eigenvalue weighted by molar-refractivity contribution is -0.136. The molecule has 3 nitrogen and oxygen atoms in total. The Labute approximate surface area is 81.5 Å². The van der Waals surface area contributed by atoms with Gasteiger partial charge in [-0.3, -0.25) is 4.79 Å². The maximum absolute atomic E-state index is 13.0. The van der Waals surface area contributed by atoms with Crippen molar-refractivity contribution in [2.75, 3.05) is 0 Å². The summed E-state index contributed by atoms with van der Waals surface area (Å²) in [4.78, 5) is 10.5. The number of terminal acetylenes is 1. The summed E-state index contributed by atoms with van der Waals surface area (Å²) in [6, 6.07) is 1.60. The van der Waals surface area contributed by atoms with Gasteiger partial charge in [-0.15, -0.1) is 6.42 Å². The Morgan fingerprint density at radius 2 is 2.14 bits per heavy atom. The lowest BCUT2D eigenvalue weighted by Crippen LogP contribution is -1.97. The highest BCUT2D eigenvalue weighted by Crippen LogP contribution is 2.10. The zero-order chi connectivity index (χ0) is 11.1. The van der Waals surface area contributed by atoms with Crippen molar-refractivity contribution in [3.05, 3.63) is 23.2 Å². The number of allylic oxidation sites excluding steroid dienone is 4. The fourth-order valence-corrected chi connectivity index (χ4v) is 0.532. The van der Waals surface area contributed by atoms with E-state index in [1.807, 2.05) is 5.92 Å². The number of nitriles is 1. The fourth-order valence-electron chi connectivity index (χ4n) is 0.532. The summed E-state index contributed by atoms with van der Waals surface area (Å²) in [5.74, 6) is 0.258. The SMILES string of the molecule is C#C/C(=C\C(F)=C(/C)C#N)OC(C)=O. The van der Waals surface area contributed by atoms with Crippen LogP contribution in [0.2, 0.25) is 0 Å². The van der Waals surface area contributed by atoms with E-state index < -0.39 is 11.8 Å². The van der Waals surface area contributed by atoms with Gasteiger partial charge in [-0.2, -0.15) is 5.26 Å². The van der Waals surface area contributed by atoms with Crippen molar-refractivity contribution in [2.24, 2.45) is 0 Å². The van der Waals surface area contributed by atoms with E-state index in [2.05, 4.69) is 4.74 Å². The van der Waals surface area contributed by atoms with Crippen LogP contribution in [0, 0.1) is 23.7 Å². The molecule has 0 saturated heterocycles. The molecule has 0 aromatic heterocycles. The first-order chi connectivity index (χ1) is 6.51. The first-order valence-electron chi connectivity index (χ1n) is 3.64. The minimum Gasteiger partial charge on any atom is -0.417 e. The van der Waals surface area contributed by atoms with Crippen LogP contribution in [0.15, 0.2) is 23.2 Å². The van der Waals surface area contributed by atoms with Gasteiger partial charge in [-0.1, -0.05) is 0 Å². The van der Waals surface area contributed by atoms with Crippen molar-refractivity contribution in [3.63, 3.8) is 0 Å². The number of carbonyl (C=O) groups excluding carboxylic acids is 1. The first kappa shape index (κ1) is 11.9. The van der Waals surface area contributed by atoms with Crippen molar-refractivity contribution in [1.82, 2.24) is 0 Å². The molecule has 4 heteroatoms. The van der Waals surface area contributed by atoms with Gasteiger partial charge >= 0.3 is 5.97 Å². The molecule has 0 aromatic carbocycles. The second-order valence-corrected chi connectivity index (χ2v) is 2.33. The molecule has 0 rings (SSSR count). The van der Waals surface area contributed by atoms with Gasteiger partial charge in [0.2, 0.25) is 0 Å². The van der Waals surface area contributed by atoms with Crippen molar-refractivity contribution in [2.45, 2.75) is 13.8 Å². The summed E-state index contributed by atoms with van der Waals surface area (Å²) in [5.41, 5.74) is -0.134. The Balaban J connectivity index is 4.90. The molecule has 0 radical (unpaired) electrons. The summed E-state index contributed by atoms with van der Waals surface area (Å²) in [5, 5.41) is 8.34. The molecule has 0 saturated carbocycles. The highest BCUT2D eigenvalue weighted by atomic mass is 19.1. The monoisotopic (exact) mass is 193 g/mol. The molecule has 0 heterocycles. The molecule has 0 amide bonds. The van der Waals surface area contributed by atoms with Gasteiger partial charge in [0.25, 0.3) is 0 Å². The van der Waals surface area contributed by atoms with Crippen molar-refractivity contribution < 1.29 is 13.9 Å². The van der Waals surface area contributed by atoms with Crippen molar-refractivity contribution >= 4 is 5.97 Å². The third-order valence-corrected chi connectivity index (χ3v) is 1.18. The summed E-state index contributed by atoms with van der Waals surface area (Å²) in [7, 11) is 0. The predicted octanol–water partition coefficient (Wildman–Crippen LogP) is 1.83. The van der Waals surface area contributed by atoms with Crippen LogP contribution in [0.1, 0.15) is 13.8 Å². The summed E-state index contributed by atoms with van der Waals surface area (Å²) in [6.07, 6.45) is 5.76. The molecule has 0 aliphatic rings. The zero-order valence-corrected chi connectivity index (χ0v) is 7.80. The van der Waals surface area contributed by atoms with Gasteiger partial charge in [0.15, 0.2) is 5.76 Å². The minimum absolute atomic E-state index is 0.134. The normalized spacial score (nSPS) is 12.2. The number of ether oxygens (including phenoxy) is 1. The molecule has 0 spiro atoms. The van der Waals surface area contributed by atoms with Crippen LogP contribution < -0.4 is 0 Å². The predicted molar refractivity (Wildman–Crippen MR) is 48.1 cm³/mol. The highest BCUT2D eigenvalue weighted by molar-refractivity contribution is 5.68. The smallest absolute Gasteiger partial charge is 0.308 e. The van der Waals surface area contributed by atoms with Crippen LogP contribution >= 0.6 is 0 Å². The summed E-state index contributed by atoms with van der Waals surface area (Å²) < 4.78 is 17.4. The molecule has 0 bridgehead atoms. The van der Waals surface area contributed by atoms with Crippen LogP contribution in [0.5, 0.6) is 0 Å². The van der Waals surface area contributed by atoms with E-state index in [1.165, 1.54) is 6.92 Å². The molecule has 14 heavy (non-hydrogen) atoms. The largest absolute Gasteiger partial charge is 0.417 e. The third kappa shape index (κ3) is 4.08. The van der Waals surface area contributed by atoms with E-state index in [-0.39, 0.29) is 11.3 Å². The Morgan fingerprint density at radius 3 is 2.50 bits per heavy atom. The molecular weight excluding hydrogens is 185 g/mol. The van der Waals surface area contributed by atoms with Gasteiger partial charge in [0.05, 0.1) is 11.6 Å². The number of hydrogen-bond donors (Lipinski definition) is 0. The second-order valence-electron chi connectivity index (χ2n) is 2.33. The molecule has 0 unspecified atom stereocenters. The van der Waals surface area contributed by atoms with E-state index in [1.54, 1.807) is 6.07 Å². The number of halogens is 1. The topological polar surface area (TPSA) is 50.1 Å².